The number of aromatic nitrogens is 2. The van der Waals surface area contributed by atoms with E-state index in [1.807, 2.05) is 0 Å². The summed E-state index contributed by atoms with van der Waals surface area (Å²) in [5, 5.41) is 3.83. The molecule has 0 amide bonds. The second-order valence-electron chi connectivity index (χ2n) is 1.97. The van der Waals surface area contributed by atoms with E-state index in [0.717, 1.165) is 0 Å². The summed E-state index contributed by atoms with van der Waals surface area (Å²) in [5.41, 5.74) is 0.581. The Kier molecular flexibility index (Phi) is 1.67. The monoisotopic (exact) mass is 136 g/mol. The van der Waals surface area contributed by atoms with E-state index in [0.29, 0.717) is 5.56 Å². The van der Waals surface area contributed by atoms with Crippen molar-refractivity contribution >= 4 is 5.78 Å². The van der Waals surface area contributed by atoms with Crippen LogP contribution in [0.1, 0.15) is 10.4 Å². The first kappa shape index (κ1) is 6.74. The summed E-state index contributed by atoms with van der Waals surface area (Å²) in [6.45, 7) is 3.36. The molecule has 0 radical (unpaired) electrons. The van der Waals surface area contributed by atoms with E-state index in [2.05, 4.69) is 11.7 Å². The maximum Gasteiger partial charge on any atom is 0.188 e. The maximum atomic E-state index is 10.9. The molecule has 1 heterocycles. The minimum absolute atomic E-state index is 0.0897. The van der Waals surface area contributed by atoms with Crippen LogP contribution in [0.4, 0.5) is 0 Å². The quantitative estimate of drug-likeness (QED) is 0.445. The molecular formula is C7H8N2O. The van der Waals surface area contributed by atoms with Crippen LogP contribution in [0.25, 0.3) is 0 Å². The van der Waals surface area contributed by atoms with Gasteiger partial charge in [0.2, 0.25) is 0 Å². The van der Waals surface area contributed by atoms with Gasteiger partial charge in [-0.3, -0.25) is 9.48 Å². The zero-order valence-electron chi connectivity index (χ0n) is 5.74. The molecule has 3 nitrogen and oxygen atoms in total. The molecule has 1 aromatic rings. The number of allylic oxidation sites excluding steroid dienone is 1. The summed E-state index contributed by atoms with van der Waals surface area (Å²) >= 11 is 0. The standard InChI is InChI=1S/C7H8N2O/c1-3-7(10)6-4-8-9(2)5-6/h3-5H,1H2,2H3. The Morgan fingerprint density at radius 3 is 3.00 bits per heavy atom. The molecule has 0 bridgehead atoms. The van der Waals surface area contributed by atoms with Crippen LogP contribution < -0.4 is 0 Å². The molecule has 0 atom stereocenters. The molecule has 0 aliphatic carbocycles. The van der Waals surface area contributed by atoms with E-state index in [4.69, 9.17) is 0 Å². The lowest BCUT2D eigenvalue weighted by molar-refractivity contribution is 0.104. The SMILES string of the molecule is C=CC(=O)c1cnn(C)c1. The lowest BCUT2D eigenvalue weighted by Gasteiger charge is -1.83. The Balaban J connectivity index is 2.95. The summed E-state index contributed by atoms with van der Waals surface area (Å²) in [6, 6.07) is 0. The average molecular weight is 136 g/mol. The zero-order valence-corrected chi connectivity index (χ0v) is 5.74. The van der Waals surface area contributed by atoms with Crippen LogP contribution in [0.15, 0.2) is 25.0 Å². The molecule has 0 saturated carbocycles. The van der Waals surface area contributed by atoms with E-state index < -0.39 is 0 Å². The van der Waals surface area contributed by atoms with Crippen molar-refractivity contribution in [3.63, 3.8) is 0 Å². The number of rotatable bonds is 2. The lowest BCUT2D eigenvalue weighted by atomic mass is 10.2. The molecular weight excluding hydrogens is 128 g/mol. The normalized spacial score (nSPS) is 9.30. The number of nitrogens with zero attached hydrogens (tertiary/aromatic N) is 2. The van der Waals surface area contributed by atoms with Crippen LogP contribution in [0.3, 0.4) is 0 Å². The van der Waals surface area contributed by atoms with Gasteiger partial charge in [-0.1, -0.05) is 6.58 Å². The molecule has 0 aromatic carbocycles. The third-order valence-electron chi connectivity index (χ3n) is 1.17. The molecule has 0 saturated heterocycles. The van der Waals surface area contributed by atoms with Crippen molar-refractivity contribution in [1.29, 1.82) is 0 Å². The molecule has 0 fully saturated rings. The Morgan fingerprint density at radius 1 is 1.90 bits per heavy atom. The molecule has 10 heavy (non-hydrogen) atoms. The van der Waals surface area contributed by atoms with Gasteiger partial charge in [0, 0.05) is 13.2 Å². The predicted octanol–water partition coefficient (Wildman–Crippen LogP) is 0.789. The third-order valence-corrected chi connectivity index (χ3v) is 1.17. The van der Waals surface area contributed by atoms with Crippen molar-refractivity contribution < 1.29 is 4.79 Å². The predicted molar refractivity (Wildman–Crippen MR) is 37.7 cm³/mol. The minimum atomic E-state index is -0.0897. The third kappa shape index (κ3) is 1.13. The first-order chi connectivity index (χ1) is 4.74. The lowest BCUT2D eigenvalue weighted by Crippen LogP contribution is -1.90. The van der Waals surface area contributed by atoms with Gasteiger partial charge >= 0.3 is 0 Å². The van der Waals surface area contributed by atoms with Crippen LogP contribution in [0.5, 0.6) is 0 Å². The van der Waals surface area contributed by atoms with Crippen molar-refractivity contribution in [3.05, 3.63) is 30.6 Å². The van der Waals surface area contributed by atoms with Gasteiger partial charge in [0.15, 0.2) is 5.78 Å². The largest absolute Gasteiger partial charge is 0.289 e. The van der Waals surface area contributed by atoms with Crippen LogP contribution in [-0.2, 0) is 7.05 Å². The summed E-state index contributed by atoms with van der Waals surface area (Å²) in [6.07, 6.45) is 4.45. The molecule has 0 aliphatic rings. The highest BCUT2D eigenvalue weighted by Gasteiger charge is 2.01. The van der Waals surface area contributed by atoms with E-state index >= 15 is 0 Å². The second-order valence-corrected chi connectivity index (χ2v) is 1.97. The van der Waals surface area contributed by atoms with Crippen LogP contribution >= 0.6 is 0 Å². The van der Waals surface area contributed by atoms with Crippen molar-refractivity contribution in [1.82, 2.24) is 9.78 Å². The molecule has 0 aliphatic heterocycles. The number of hydrogen-bond donors (Lipinski definition) is 0. The summed E-state index contributed by atoms with van der Waals surface area (Å²) < 4.78 is 1.58. The highest BCUT2D eigenvalue weighted by molar-refractivity contribution is 6.03. The molecule has 0 spiro atoms. The van der Waals surface area contributed by atoms with Gasteiger partial charge in [-0.05, 0) is 6.08 Å². The average Bonchev–Trinajstić information content (AvgIpc) is 2.34. The van der Waals surface area contributed by atoms with Crippen LogP contribution in [0.2, 0.25) is 0 Å². The number of hydrogen-bond acceptors (Lipinski definition) is 2. The van der Waals surface area contributed by atoms with Gasteiger partial charge in [-0.15, -0.1) is 0 Å². The smallest absolute Gasteiger partial charge is 0.188 e. The first-order valence-electron chi connectivity index (χ1n) is 2.89. The van der Waals surface area contributed by atoms with Gasteiger partial charge in [0.05, 0.1) is 11.8 Å². The fourth-order valence-electron chi connectivity index (χ4n) is 0.666. The molecule has 1 aromatic heterocycles. The van der Waals surface area contributed by atoms with Gasteiger partial charge in [-0.25, -0.2) is 0 Å². The Labute approximate surface area is 59.0 Å². The van der Waals surface area contributed by atoms with Crippen molar-refractivity contribution in [2.45, 2.75) is 0 Å². The van der Waals surface area contributed by atoms with Crippen molar-refractivity contribution in [3.8, 4) is 0 Å². The highest BCUT2D eigenvalue weighted by atomic mass is 16.1. The van der Waals surface area contributed by atoms with Crippen molar-refractivity contribution in [2.75, 3.05) is 0 Å². The Hall–Kier alpha value is -1.38. The molecule has 0 N–H and O–H groups in total. The minimum Gasteiger partial charge on any atom is -0.289 e. The van der Waals surface area contributed by atoms with Crippen molar-refractivity contribution in [2.24, 2.45) is 7.05 Å². The first-order valence-corrected chi connectivity index (χ1v) is 2.89. The fraction of sp³-hybridized carbons (Fsp3) is 0.143. The zero-order chi connectivity index (χ0) is 7.56. The number of carbonyl (C=O) groups excluding carboxylic acids is 1. The van der Waals surface area contributed by atoms with Gasteiger partial charge in [-0.2, -0.15) is 5.10 Å². The van der Waals surface area contributed by atoms with Crippen LogP contribution in [0, 0.1) is 0 Å². The van der Waals surface area contributed by atoms with Crippen LogP contribution in [-0.4, -0.2) is 15.6 Å². The second kappa shape index (κ2) is 2.47. The van der Waals surface area contributed by atoms with Gasteiger partial charge in [0.25, 0.3) is 0 Å². The fourth-order valence-corrected chi connectivity index (χ4v) is 0.666. The van der Waals surface area contributed by atoms with Gasteiger partial charge in [0.1, 0.15) is 0 Å². The van der Waals surface area contributed by atoms with Gasteiger partial charge < -0.3 is 0 Å². The van der Waals surface area contributed by atoms with E-state index in [1.54, 1.807) is 17.9 Å². The Bertz CT molecular complexity index is 262. The highest BCUT2D eigenvalue weighted by Crippen LogP contribution is 1.97. The van der Waals surface area contributed by atoms with E-state index in [1.165, 1.54) is 12.3 Å². The molecule has 3 heteroatoms. The number of ketones is 1. The topological polar surface area (TPSA) is 34.9 Å². The molecule has 1 rings (SSSR count). The van der Waals surface area contributed by atoms with E-state index in [-0.39, 0.29) is 5.78 Å². The summed E-state index contributed by atoms with van der Waals surface area (Å²) in [4.78, 5) is 10.9. The summed E-state index contributed by atoms with van der Waals surface area (Å²) in [5.74, 6) is -0.0897. The molecule has 52 valence electrons. The number of aryl methyl sites for hydroxylation is 1. The van der Waals surface area contributed by atoms with E-state index in [9.17, 15) is 4.79 Å². The number of carbonyl (C=O) groups is 1. The summed E-state index contributed by atoms with van der Waals surface area (Å²) in [7, 11) is 1.76. The maximum absolute atomic E-state index is 10.9. The Morgan fingerprint density at radius 2 is 2.60 bits per heavy atom. The molecule has 0 unspecified atom stereocenters.